The number of Topliss-reactive ketones (excluding diaryl/α,β-unsaturated/α-hetero) is 4. The number of allylic oxidation sites excluding steroid dienone is 5. The molecule has 0 aromatic carbocycles. The smallest absolute Gasteiger partial charge is 0.333 e. The lowest BCUT2D eigenvalue weighted by Crippen LogP contribution is -2.74. The number of likely N-dealkylation sites (N-methyl/N-ethyl adjacent to an activating group) is 1. The van der Waals surface area contributed by atoms with Gasteiger partial charge in [-0.2, -0.15) is 5.26 Å². The molecule has 2 aliphatic carbocycles. The molecule has 3 aliphatic heterocycles. The molecule has 3 heterocycles. The Kier molecular flexibility index (Phi) is 7.41. The topological polar surface area (TPSA) is 143 Å². The van der Waals surface area contributed by atoms with E-state index in [2.05, 4.69) is 6.07 Å². The van der Waals surface area contributed by atoms with Gasteiger partial charge < -0.3 is 14.2 Å². The normalized spacial score (nSPS) is 30.2. The summed E-state index contributed by atoms with van der Waals surface area (Å²) < 4.78 is 16.4. The van der Waals surface area contributed by atoms with Gasteiger partial charge in [0.05, 0.1) is 32.4 Å². The van der Waals surface area contributed by atoms with E-state index in [1.165, 1.54) is 21.1 Å². The van der Waals surface area contributed by atoms with Crippen molar-refractivity contribution in [2.24, 2.45) is 0 Å². The van der Waals surface area contributed by atoms with E-state index in [-0.39, 0.29) is 70.4 Å². The lowest BCUT2D eigenvalue weighted by Gasteiger charge is -2.60. The van der Waals surface area contributed by atoms with E-state index in [9.17, 15) is 29.2 Å². The van der Waals surface area contributed by atoms with Crippen molar-refractivity contribution in [2.75, 3.05) is 27.9 Å². The van der Waals surface area contributed by atoms with Gasteiger partial charge in [-0.05, 0) is 47.6 Å². The highest BCUT2D eigenvalue weighted by molar-refractivity contribution is 6.26. The predicted molar refractivity (Wildman–Crippen MR) is 147 cm³/mol. The van der Waals surface area contributed by atoms with E-state index in [4.69, 9.17) is 14.2 Å². The van der Waals surface area contributed by atoms with Crippen LogP contribution in [0.1, 0.15) is 40.5 Å². The third kappa shape index (κ3) is 3.96. The van der Waals surface area contributed by atoms with E-state index in [1.807, 2.05) is 9.80 Å². The van der Waals surface area contributed by atoms with Crippen LogP contribution in [-0.2, 0) is 38.2 Å². The highest BCUT2D eigenvalue weighted by Gasteiger charge is 2.60. The number of ether oxygens (including phenoxy) is 3. The summed E-state index contributed by atoms with van der Waals surface area (Å²) in [5.74, 6) is -2.32. The fourth-order valence-corrected chi connectivity index (χ4v) is 7.16. The fraction of sp³-hybridized carbons (Fsp3) is 0.484. The molecule has 0 amide bonds. The maximum atomic E-state index is 13.8. The Morgan fingerprint density at radius 3 is 1.98 bits per heavy atom. The second-order valence-electron chi connectivity index (χ2n) is 11.2. The number of rotatable bonds is 5. The first kappa shape index (κ1) is 29.4. The molecule has 1 saturated heterocycles. The van der Waals surface area contributed by atoms with E-state index in [0.29, 0.717) is 11.1 Å². The van der Waals surface area contributed by atoms with E-state index >= 15 is 0 Å². The second-order valence-corrected chi connectivity index (χ2v) is 11.2. The molecule has 220 valence electrons. The summed E-state index contributed by atoms with van der Waals surface area (Å²) in [4.78, 5) is 71.3. The zero-order chi connectivity index (χ0) is 30.8. The summed E-state index contributed by atoms with van der Waals surface area (Å²) in [6.07, 6.45) is 1.77. The molecule has 11 nitrogen and oxygen atoms in total. The number of nitriles is 1. The molecule has 0 saturated carbocycles. The van der Waals surface area contributed by atoms with Gasteiger partial charge in [0.1, 0.15) is 12.6 Å². The van der Waals surface area contributed by atoms with Crippen LogP contribution in [0, 0.1) is 11.3 Å². The van der Waals surface area contributed by atoms with Crippen LogP contribution in [0.4, 0.5) is 0 Å². The van der Waals surface area contributed by atoms with Crippen molar-refractivity contribution < 1.29 is 38.2 Å². The summed E-state index contributed by atoms with van der Waals surface area (Å²) in [5, 5.41) is 10.5. The van der Waals surface area contributed by atoms with Crippen molar-refractivity contribution in [1.29, 1.82) is 5.26 Å². The van der Waals surface area contributed by atoms with Crippen LogP contribution in [0.5, 0.6) is 0 Å². The largest absolute Gasteiger partial charge is 0.492 e. The number of carbonyl (C=O) groups excluding carboxylic acids is 5. The van der Waals surface area contributed by atoms with Crippen LogP contribution in [0.25, 0.3) is 0 Å². The lowest BCUT2D eigenvalue weighted by molar-refractivity contribution is -0.143. The molecule has 11 heteroatoms. The maximum absolute atomic E-state index is 13.8. The van der Waals surface area contributed by atoms with E-state index < -0.39 is 47.7 Å². The summed E-state index contributed by atoms with van der Waals surface area (Å²) in [5.41, 5.74) is 1.71. The molecule has 0 radical (unpaired) electrons. The Hall–Kier alpha value is -4.14. The third-order valence-corrected chi connectivity index (χ3v) is 9.34. The minimum atomic E-state index is -0.971. The van der Waals surface area contributed by atoms with Crippen LogP contribution < -0.4 is 0 Å². The molecule has 5 aliphatic rings. The monoisotopic (exact) mass is 575 g/mol. The van der Waals surface area contributed by atoms with Gasteiger partial charge in [-0.15, -0.1) is 0 Å². The molecule has 0 unspecified atom stereocenters. The Balaban J connectivity index is 1.71. The zero-order valence-corrected chi connectivity index (χ0v) is 24.7. The highest BCUT2D eigenvalue weighted by atomic mass is 16.5. The highest BCUT2D eigenvalue weighted by Crippen LogP contribution is 2.49. The van der Waals surface area contributed by atoms with Crippen LogP contribution in [0.3, 0.4) is 0 Å². The second kappa shape index (κ2) is 10.6. The van der Waals surface area contributed by atoms with Crippen LogP contribution in [-0.4, -0.2) is 97.0 Å². The molecule has 0 spiro atoms. The van der Waals surface area contributed by atoms with Gasteiger partial charge in [0, 0.05) is 51.1 Å². The summed E-state index contributed by atoms with van der Waals surface area (Å²) in [6, 6.07) is -1.35. The van der Waals surface area contributed by atoms with Crippen molar-refractivity contribution in [3.05, 3.63) is 56.6 Å². The van der Waals surface area contributed by atoms with Crippen molar-refractivity contribution in [3.8, 4) is 6.07 Å². The molecule has 0 aromatic rings. The molecular weight excluding hydrogens is 542 g/mol. The number of fused-ring (bicyclic) bond motifs is 5. The van der Waals surface area contributed by atoms with Crippen molar-refractivity contribution in [2.45, 2.75) is 70.7 Å². The number of hydrogen-bond donors (Lipinski definition) is 0. The van der Waals surface area contributed by atoms with Crippen molar-refractivity contribution in [1.82, 2.24) is 9.80 Å². The lowest BCUT2D eigenvalue weighted by atomic mass is 9.67. The Morgan fingerprint density at radius 2 is 1.45 bits per heavy atom. The number of nitrogens with zero attached hydrogens (tertiary/aromatic N) is 3. The molecule has 2 bridgehead atoms. The predicted octanol–water partition coefficient (Wildman–Crippen LogP) is 1.65. The minimum absolute atomic E-state index is 0.0324. The van der Waals surface area contributed by atoms with Crippen LogP contribution in [0.15, 0.2) is 56.6 Å². The molecule has 5 rings (SSSR count). The van der Waals surface area contributed by atoms with Gasteiger partial charge in [-0.1, -0.05) is 6.08 Å². The van der Waals surface area contributed by atoms with Crippen molar-refractivity contribution >= 4 is 29.1 Å². The number of hydrogen-bond acceptors (Lipinski definition) is 11. The number of esters is 1. The van der Waals surface area contributed by atoms with Gasteiger partial charge in [0.15, 0.2) is 23.1 Å². The number of piperazine rings is 1. The van der Waals surface area contributed by atoms with Gasteiger partial charge >= 0.3 is 5.97 Å². The molecule has 0 N–H and O–H groups in total. The standard InChI is InChI=1S/C31H33N3O8/c1-8-13(2)31(39)42-12-21-22-16(25(35)14(3)29(40-6)27(22)37)10-19-24-23-17(26(36)15(4)30(41-7)28(23)38)9-18(33(24)5)20(11-32)34(19)21/h8,18-21,24H,9-10,12H2,1-7H3/b13-8-/t18-,19-,20-,21-,24-/m0/s1. The maximum Gasteiger partial charge on any atom is 0.333 e. The third-order valence-electron chi connectivity index (χ3n) is 9.34. The first-order valence-corrected chi connectivity index (χ1v) is 13.8. The van der Waals surface area contributed by atoms with Crippen LogP contribution in [0.2, 0.25) is 0 Å². The van der Waals surface area contributed by atoms with Crippen molar-refractivity contribution in [3.63, 3.8) is 0 Å². The SMILES string of the molecule is C/C=C(/C)C(=O)OC[C@H]1C2=C(C[C@H]3[C@H]4C5=C(C[C@@H]([C@H](C#N)N13)N4C)C(=O)C(C)=C(OC)C5=O)C(=O)C(C)=C(OC)C2=O. The number of carbonyl (C=O) groups is 5. The van der Waals surface area contributed by atoms with E-state index in [1.54, 1.807) is 33.9 Å². The summed E-state index contributed by atoms with van der Waals surface area (Å²) >= 11 is 0. The fourth-order valence-electron chi connectivity index (χ4n) is 7.16. The zero-order valence-electron chi connectivity index (χ0n) is 24.7. The van der Waals surface area contributed by atoms with Gasteiger partial charge in [0.2, 0.25) is 11.6 Å². The summed E-state index contributed by atoms with van der Waals surface area (Å²) in [7, 11) is 4.45. The van der Waals surface area contributed by atoms with Gasteiger partial charge in [-0.3, -0.25) is 29.0 Å². The van der Waals surface area contributed by atoms with Crippen LogP contribution >= 0.6 is 0 Å². The Morgan fingerprint density at radius 1 is 0.929 bits per heavy atom. The number of ketones is 4. The molecule has 42 heavy (non-hydrogen) atoms. The first-order valence-electron chi connectivity index (χ1n) is 13.8. The quantitative estimate of drug-likeness (QED) is 0.268. The Bertz CT molecular complexity index is 1550. The average Bonchev–Trinajstić information content (AvgIpc) is 2.97. The van der Waals surface area contributed by atoms with E-state index in [0.717, 1.165) is 0 Å². The van der Waals surface area contributed by atoms with Gasteiger partial charge in [0.25, 0.3) is 0 Å². The molecular formula is C31H33N3O8. The van der Waals surface area contributed by atoms with Gasteiger partial charge in [-0.25, -0.2) is 4.79 Å². The minimum Gasteiger partial charge on any atom is -0.492 e. The molecule has 0 aromatic heterocycles. The molecule has 5 atom stereocenters. The first-order chi connectivity index (χ1) is 19.9. The summed E-state index contributed by atoms with van der Waals surface area (Å²) in [6.45, 7) is 6.05. The molecule has 1 fully saturated rings. The Labute approximate surface area is 243 Å². The number of methoxy groups -OCH3 is 2. The average molecular weight is 576 g/mol.